The highest BCUT2D eigenvalue weighted by Crippen LogP contribution is 2.41. The second kappa shape index (κ2) is 7.84. The molecule has 3 heterocycles. The lowest BCUT2D eigenvalue weighted by Gasteiger charge is -2.33. The third-order valence-corrected chi connectivity index (χ3v) is 7.28. The van der Waals surface area contributed by atoms with Gasteiger partial charge in [-0.15, -0.1) is 0 Å². The van der Waals surface area contributed by atoms with Gasteiger partial charge in [0.05, 0.1) is 22.5 Å². The second-order valence-corrected chi connectivity index (χ2v) is 9.45. The van der Waals surface area contributed by atoms with Crippen LogP contribution in [-0.4, -0.2) is 38.2 Å². The molecule has 0 aromatic carbocycles. The van der Waals surface area contributed by atoms with E-state index in [0.29, 0.717) is 12.1 Å². The van der Waals surface area contributed by atoms with Gasteiger partial charge >= 0.3 is 0 Å². The maximum atomic E-state index is 6.13. The molecule has 3 N–H and O–H groups in total. The summed E-state index contributed by atoms with van der Waals surface area (Å²) in [5.41, 5.74) is 11.2. The molecule has 7 heteroatoms. The van der Waals surface area contributed by atoms with Crippen LogP contribution in [0, 0.1) is 6.92 Å². The number of fused-ring (bicyclic) bond motifs is 1. The van der Waals surface area contributed by atoms with Gasteiger partial charge in [0.15, 0.2) is 5.65 Å². The van der Waals surface area contributed by atoms with E-state index < -0.39 is 0 Å². The number of hydrogen-bond acceptors (Lipinski definition) is 6. The number of nitrogens with zero attached hydrogens (tertiary/aromatic N) is 4. The summed E-state index contributed by atoms with van der Waals surface area (Å²) >= 11 is 0. The molecule has 2 fully saturated rings. The molecule has 0 amide bonds. The van der Waals surface area contributed by atoms with Crippen LogP contribution in [0.2, 0.25) is 0 Å². The van der Waals surface area contributed by atoms with Crippen LogP contribution in [-0.2, 0) is 11.4 Å². The molecule has 0 atom stereocenters. The summed E-state index contributed by atoms with van der Waals surface area (Å²) in [4.78, 5) is 10.9. The Balaban J connectivity index is 1.52. The molecule has 0 unspecified atom stereocenters. The molecule has 3 aliphatic rings. The van der Waals surface area contributed by atoms with Crippen molar-refractivity contribution in [2.24, 2.45) is 10.9 Å². The quantitative estimate of drug-likeness (QED) is 0.786. The van der Waals surface area contributed by atoms with Crippen molar-refractivity contribution in [2.45, 2.75) is 102 Å². The van der Waals surface area contributed by atoms with E-state index in [1.165, 1.54) is 32.1 Å². The molecule has 5 rings (SSSR count). The minimum absolute atomic E-state index is 0.176. The SMILES string of the molecule is CCn1nc(C)c2c(NC3CCCCC3)c(C3=NOC4(CCC(N)CC4)C3)cnc21. The summed E-state index contributed by atoms with van der Waals surface area (Å²) in [6.45, 7) is 5.01. The van der Waals surface area contributed by atoms with Gasteiger partial charge < -0.3 is 15.9 Å². The zero-order valence-corrected chi connectivity index (χ0v) is 18.3. The monoisotopic (exact) mass is 410 g/mol. The van der Waals surface area contributed by atoms with Gasteiger partial charge in [0.1, 0.15) is 5.60 Å². The van der Waals surface area contributed by atoms with Gasteiger partial charge in [-0.05, 0) is 52.4 Å². The Morgan fingerprint density at radius 3 is 2.70 bits per heavy atom. The van der Waals surface area contributed by atoms with Crippen LogP contribution in [0.4, 0.5) is 5.69 Å². The van der Waals surface area contributed by atoms with Crippen molar-refractivity contribution < 1.29 is 4.84 Å². The highest BCUT2D eigenvalue weighted by Gasteiger charge is 2.43. The van der Waals surface area contributed by atoms with Crippen LogP contribution >= 0.6 is 0 Å². The van der Waals surface area contributed by atoms with Gasteiger partial charge in [-0.25, -0.2) is 9.67 Å². The number of nitrogens with two attached hydrogens (primary N) is 1. The Morgan fingerprint density at radius 2 is 1.97 bits per heavy atom. The number of oxime groups is 1. The zero-order chi connectivity index (χ0) is 20.7. The van der Waals surface area contributed by atoms with Gasteiger partial charge in [-0.3, -0.25) is 0 Å². The number of anilines is 1. The Labute approximate surface area is 178 Å². The fourth-order valence-electron chi connectivity index (χ4n) is 5.46. The molecule has 30 heavy (non-hydrogen) atoms. The molecule has 2 saturated carbocycles. The van der Waals surface area contributed by atoms with Crippen molar-refractivity contribution in [3.8, 4) is 0 Å². The fraction of sp³-hybridized carbons (Fsp3) is 0.696. The normalized spacial score (nSPS) is 27.4. The van der Waals surface area contributed by atoms with E-state index in [0.717, 1.165) is 72.3 Å². The standard InChI is InChI=1S/C23H34N6O/c1-3-29-22-20(15(2)27-29)21(26-17-7-5-4-6-8-17)18(14-25-22)19-13-23(30-28-19)11-9-16(24)10-12-23/h14,16-17H,3-13,24H2,1-2H3,(H,25,26). The van der Waals surface area contributed by atoms with E-state index in [9.17, 15) is 0 Å². The summed E-state index contributed by atoms with van der Waals surface area (Å²) in [7, 11) is 0. The highest BCUT2D eigenvalue weighted by molar-refractivity contribution is 6.11. The first-order chi connectivity index (χ1) is 14.6. The van der Waals surface area contributed by atoms with Gasteiger partial charge in [-0.1, -0.05) is 24.4 Å². The van der Waals surface area contributed by atoms with Crippen molar-refractivity contribution in [1.29, 1.82) is 0 Å². The molecular formula is C23H34N6O. The molecule has 162 valence electrons. The van der Waals surface area contributed by atoms with Crippen LogP contribution in [0.3, 0.4) is 0 Å². The first-order valence-corrected chi connectivity index (χ1v) is 11.7. The predicted molar refractivity (Wildman–Crippen MR) is 120 cm³/mol. The maximum Gasteiger partial charge on any atom is 0.160 e. The lowest BCUT2D eigenvalue weighted by Crippen LogP contribution is -2.39. The van der Waals surface area contributed by atoms with Crippen LogP contribution in [0.1, 0.15) is 82.4 Å². The third-order valence-electron chi connectivity index (χ3n) is 7.28. The third kappa shape index (κ3) is 3.47. The van der Waals surface area contributed by atoms with E-state index >= 15 is 0 Å². The Kier molecular flexibility index (Phi) is 5.17. The van der Waals surface area contributed by atoms with E-state index in [2.05, 4.69) is 24.3 Å². The van der Waals surface area contributed by atoms with Crippen molar-refractivity contribution in [3.05, 3.63) is 17.5 Å². The lowest BCUT2D eigenvalue weighted by atomic mass is 9.79. The van der Waals surface area contributed by atoms with E-state index in [4.69, 9.17) is 20.7 Å². The molecule has 2 aliphatic carbocycles. The van der Waals surface area contributed by atoms with E-state index in [1.807, 2.05) is 10.9 Å². The van der Waals surface area contributed by atoms with Crippen molar-refractivity contribution in [3.63, 3.8) is 0 Å². The van der Waals surface area contributed by atoms with Crippen molar-refractivity contribution in [1.82, 2.24) is 14.8 Å². The van der Waals surface area contributed by atoms with Crippen molar-refractivity contribution >= 4 is 22.4 Å². The van der Waals surface area contributed by atoms with Crippen molar-refractivity contribution in [2.75, 3.05) is 5.32 Å². The van der Waals surface area contributed by atoms with Gasteiger partial charge in [0.25, 0.3) is 0 Å². The van der Waals surface area contributed by atoms with E-state index in [-0.39, 0.29) is 5.60 Å². The summed E-state index contributed by atoms with van der Waals surface area (Å²) < 4.78 is 2.00. The molecule has 1 aliphatic heterocycles. The smallest absolute Gasteiger partial charge is 0.160 e. The minimum atomic E-state index is -0.176. The number of rotatable bonds is 4. The molecular weight excluding hydrogens is 376 g/mol. The van der Waals surface area contributed by atoms with Crippen LogP contribution in [0.25, 0.3) is 11.0 Å². The predicted octanol–water partition coefficient (Wildman–Crippen LogP) is 4.27. The maximum absolute atomic E-state index is 6.13. The summed E-state index contributed by atoms with van der Waals surface area (Å²) in [6, 6.07) is 0.796. The number of pyridine rings is 1. The van der Waals surface area contributed by atoms with Gasteiger partial charge in [0, 0.05) is 36.8 Å². The molecule has 0 saturated heterocycles. The average molecular weight is 411 g/mol. The van der Waals surface area contributed by atoms with Crippen LogP contribution in [0.15, 0.2) is 11.4 Å². The first-order valence-electron chi connectivity index (χ1n) is 11.7. The van der Waals surface area contributed by atoms with Gasteiger partial charge in [0.2, 0.25) is 0 Å². The Morgan fingerprint density at radius 1 is 1.20 bits per heavy atom. The molecule has 2 aromatic heterocycles. The lowest BCUT2D eigenvalue weighted by molar-refractivity contribution is -0.0478. The molecule has 1 spiro atoms. The summed E-state index contributed by atoms with van der Waals surface area (Å²) in [5.74, 6) is 0. The first kappa shape index (κ1) is 19.8. The Hall–Kier alpha value is -2.15. The minimum Gasteiger partial charge on any atom is -0.389 e. The van der Waals surface area contributed by atoms with Gasteiger partial charge in [-0.2, -0.15) is 5.10 Å². The fourth-order valence-corrected chi connectivity index (χ4v) is 5.46. The Bertz CT molecular complexity index is 950. The van der Waals surface area contributed by atoms with Crippen LogP contribution in [0.5, 0.6) is 0 Å². The second-order valence-electron chi connectivity index (χ2n) is 9.45. The molecule has 2 aromatic rings. The summed E-state index contributed by atoms with van der Waals surface area (Å²) in [6.07, 6.45) is 13.2. The number of nitrogens with one attached hydrogen (secondary N) is 1. The zero-order valence-electron chi connectivity index (χ0n) is 18.3. The molecule has 0 radical (unpaired) electrons. The molecule has 0 bridgehead atoms. The topological polar surface area (TPSA) is 90.3 Å². The average Bonchev–Trinajstić information content (AvgIpc) is 3.33. The molecule has 7 nitrogen and oxygen atoms in total. The number of aryl methyl sites for hydroxylation is 2. The number of aromatic nitrogens is 3. The van der Waals surface area contributed by atoms with Crippen LogP contribution < -0.4 is 11.1 Å². The highest BCUT2D eigenvalue weighted by atomic mass is 16.7. The number of hydrogen-bond donors (Lipinski definition) is 2. The summed E-state index contributed by atoms with van der Waals surface area (Å²) in [5, 5.41) is 14.4. The largest absolute Gasteiger partial charge is 0.389 e. The van der Waals surface area contributed by atoms with E-state index in [1.54, 1.807) is 0 Å².